The lowest BCUT2D eigenvalue weighted by Crippen LogP contribution is -2.03. The van der Waals surface area contributed by atoms with E-state index in [9.17, 15) is 18.7 Å². The third-order valence-corrected chi connectivity index (χ3v) is 5.10. The number of hydrogen-bond donors (Lipinski definition) is 1. The Balaban J connectivity index is 1.72. The summed E-state index contributed by atoms with van der Waals surface area (Å²) in [5.74, 6) is -1.43. The first-order valence-corrected chi connectivity index (χ1v) is 9.62. The molecule has 30 heavy (non-hydrogen) atoms. The zero-order valence-electron chi connectivity index (χ0n) is 16.1. The molecule has 0 saturated carbocycles. The second-order valence-electron chi connectivity index (χ2n) is 7.04. The molecule has 0 saturated heterocycles. The molecule has 152 valence electrons. The Morgan fingerprint density at radius 2 is 1.80 bits per heavy atom. The van der Waals surface area contributed by atoms with Crippen LogP contribution in [0.25, 0.3) is 11.1 Å². The van der Waals surface area contributed by atoms with Crippen LogP contribution in [-0.4, -0.2) is 16.1 Å². The van der Waals surface area contributed by atoms with Gasteiger partial charge in [-0.2, -0.15) is 0 Å². The van der Waals surface area contributed by atoms with Crippen molar-refractivity contribution < 1.29 is 23.4 Å². The summed E-state index contributed by atoms with van der Waals surface area (Å²) >= 11 is 0. The molecule has 0 atom stereocenters. The molecule has 1 N–H and O–H groups in total. The lowest BCUT2D eigenvalue weighted by molar-refractivity contribution is 0.0690. The lowest BCUT2D eigenvalue weighted by atomic mass is 9.98. The van der Waals surface area contributed by atoms with Gasteiger partial charge >= 0.3 is 5.97 Å². The normalized spacial score (nSPS) is 13.5. The Morgan fingerprint density at radius 3 is 2.60 bits per heavy atom. The van der Waals surface area contributed by atoms with Crippen LogP contribution in [0.2, 0.25) is 0 Å². The van der Waals surface area contributed by atoms with Crippen molar-refractivity contribution in [2.45, 2.75) is 25.9 Å². The molecule has 2 aromatic carbocycles. The second-order valence-corrected chi connectivity index (χ2v) is 7.04. The molecule has 0 unspecified atom stereocenters. The molecular formula is C24H19F2NO3. The van der Waals surface area contributed by atoms with Gasteiger partial charge in [-0.05, 0) is 66.8 Å². The maximum absolute atomic E-state index is 14.1. The van der Waals surface area contributed by atoms with E-state index in [2.05, 4.69) is 4.98 Å². The van der Waals surface area contributed by atoms with Gasteiger partial charge in [-0.15, -0.1) is 0 Å². The Kier molecular flexibility index (Phi) is 5.57. The predicted molar refractivity (Wildman–Crippen MR) is 109 cm³/mol. The molecule has 0 spiro atoms. The van der Waals surface area contributed by atoms with E-state index in [4.69, 9.17) is 4.74 Å². The van der Waals surface area contributed by atoms with Gasteiger partial charge in [-0.3, -0.25) is 0 Å². The van der Waals surface area contributed by atoms with Crippen LogP contribution in [0, 0.1) is 11.6 Å². The molecule has 4 rings (SSSR count). The summed E-state index contributed by atoms with van der Waals surface area (Å²) in [5, 5.41) is 9.24. The number of nitrogens with zero attached hydrogens (tertiary/aromatic N) is 1. The fraction of sp³-hybridized carbons (Fsp3) is 0.167. The van der Waals surface area contributed by atoms with Crippen LogP contribution in [-0.2, 0) is 6.61 Å². The minimum Gasteiger partial charge on any atom is -0.488 e. The summed E-state index contributed by atoms with van der Waals surface area (Å²) in [6.07, 6.45) is 2.23. The summed E-state index contributed by atoms with van der Waals surface area (Å²) in [5.41, 5.74) is 3.26. The molecule has 0 radical (unpaired) electrons. The Morgan fingerprint density at radius 1 is 1.00 bits per heavy atom. The monoisotopic (exact) mass is 407 g/mol. The first kappa shape index (κ1) is 19.8. The Labute approximate surface area is 172 Å². The van der Waals surface area contributed by atoms with Gasteiger partial charge in [0.25, 0.3) is 0 Å². The van der Waals surface area contributed by atoms with E-state index in [0.717, 1.165) is 17.6 Å². The van der Waals surface area contributed by atoms with Crippen LogP contribution in [0.1, 0.15) is 46.6 Å². The van der Waals surface area contributed by atoms with Gasteiger partial charge < -0.3 is 9.84 Å². The average molecular weight is 407 g/mol. The highest BCUT2D eigenvalue weighted by molar-refractivity contribution is 5.94. The average Bonchev–Trinajstić information content (AvgIpc) is 3.24. The molecule has 0 bridgehead atoms. The van der Waals surface area contributed by atoms with E-state index in [-0.39, 0.29) is 18.1 Å². The van der Waals surface area contributed by atoms with E-state index in [0.29, 0.717) is 35.4 Å². The van der Waals surface area contributed by atoms with Gasteiger partial charge in [0, 0.05) is 11.1 Å². The second kappa shape index (κ2) is 8.45. The highest BCUT2D eigenvalue weighted by Gasteiger charge is 2.23. The lowest BCUT2D eigenvalue weighted by Gasteiger charge is -2.15. The van der Waals surface area contributed by atoms with Crippen LogP contribution in [0.5, 0.6) is 5.75 Å². The zero-order chi connectivity index (χ0) is 21.1. The Hall–Kier alpha value is -3.54. The summed E-state index contributed by atoms with van der Waals surface area (Å²) < 4.78 is 33.9. The fourth-order valence-corrected chi connectivity index (χ4v) is 3.68. The number of carboxylic acid groups (broad SMARTS) is 1. The van der Waals surface area contributed by atoms with Crippen molar-refractivity contribution >= 4 is 17.1 Å². The van der Waals surface area contributed by atoms with Crippen LogP contribution in [0.15, 0.2) is 60.7 Å². The molecule has 4 nitrogen and oxygen atoms in total. The maximum Gasteiger partial charge on any atom is 0.354 e. The molecule has 1 aliphatic carbocycles. The molecule has 3 aromatic rings. The van der Waals surface area contributed by atoms with Crippen molar-refractivity contribution in [1.29, 1.82) is 0 Å². The number of benzene rings is 2. The van der Waals surface area contributed by atoms with Gasteiger partial charge in [0.1, 0.15) is 29.7 Å². The van der Waals surface area contributed by atoms with E-state index >= 15 is 0 Å². The first-order chi connectivity index (χ1) is 14.5. The Bertz CT molecular complexity index is 1140. The van der Waals surface area contributed by atoms with E-state index in [1.165, 1.54) is 30.3 Å². The SMILES string of the molecule is O=C(O)c1cccc(C2=C(c3cc(F)ccc3OCc3ccccc3F)CCC2)n1. The third-order valence-electron chi connectivity index (χ3n) is 5.10. The number of carboxylic acids is 1. The molecule has 1 heterocycles. The highest BCUT2D eigenvalue weighted by atomic mass is 19.1. The largest absolute Gasteiger partial charge is 0.488 e. The molecular weight excluding hydrogens is 388 g/mol. The number of hydrogen-bond acceptors (Lipinski definition) is 3. The highest BCUT2D eigenvalue weighted by Crippen LogP contribution is 2.42. The smallest absolute Gasteiger partial charge is 0.354 e. The molecule has 0 amide bonds. The van der Waals surface area contributed by atoms with Crippen molar-refractivity contribution in [2.24, 2.45) is 0 Å². The standard InChI is InChI=1S/C24H19F2NO3/c25-16-11-12-23(30-14-15-5-1-2-8-20(15)26)19(13-16)17-6-3-7-18(17)21-9-4-10-22(27-21)24(28)29/h1-2,4-5,8-13H,3,6-7,14H2,(H,28,29). The van der Waals surface area contributed by atoms with Crippen LogP contribution < -0.4 is 4.74 Å². The van der Waals surface area contributed by atoms with Gasteiger partial charge in [0.15, 0.2) is 0 Å². The zero-order valence-corrected chi connectivity index (χ0v) is 16.1. The van der Waals surface area contributed by atoms with Gasteiger partial charge in [0.2, 0.25) is 0 Å². The van der Waals surface area contributed by atoms with Crippen molar-refractivity contribution in [2.75, 3.05) is 0 Å². The van der Waals surface area contributed by atoms with Crippen LogP contribution in [0.4, 0.5) is 8.78 Å². The van der Waals surface area contributed by atoms with E-state index in [1.807, 2.05) is 0 Å². The van der Waals surface area contributed by atoms with E-state index < -0.39 is 11.8 Å². The number of carbonyl (C=O) groups is 1. The summed E-state index contributed by atoms with van der Waals surface area (Å²) in [7, 11) is 0. The van der Waals surface area contributed by atoms with Crippen molar-refractivity contribution in [3.05, 3.63) is 94.8 Å². The molecule has 6 heteroatoms. The number of rotatable bonds is 6. The van der Waals surface area contributed by atoms with Crippen LogP contribution >= 0.6 is 0 Å². The number of allylic oxidation sites excluding steroid dienone is 2. The third kappa shape index (κ3) is 4.08. The summed E-state index contributed by atoms with van der Waals surface area (Å²) in [6, 6.07) is 15.4. The fourth-order valence-electron chi connectivity index (χ4n) is 3.68. The minimum atomic E-state index is -1.10. The minimum absolute atomic E-state index is 0.0146. The first-order valence-electron chi connectivity index (χ1n) is 9.62. The van der Waals surface area contributed by atoms with Gasteiger partial charge in [0.05, 0.1) is 5.69 Å². The topological polar surface area (TPSA) is 59.4 Å². The number of pyridine rings is 1. The number of aromatic carboxylic acids is 1. The number of ether oxygens (including phenoxy) is 1. The van der Waals surface area contributed by atoms with E-state index in [1.54, 1.807) is 30.3 Å². The predicted octanol–water partition coefficient (Wildman–Crippen LogP) is 5.73. The molecule has 0 fully saturated rings. The quantitative estimate of drug-likeness (QED) is 0.567. The summed E-state index contributed by atoms with van der Waals surface area (Å²) in [4.78, 5) is 15.5. The molecule has 0 aliphatic heterocycles. The van der Waals surface area contributed by atoms with Crippen LogP contribution in [0.3, 0.4) is 0 Å². The van der Waals surface area contributed by atoms with Crippen molar-refractivity contribution in [3.8, 4) is 5.75 Å². The van der Waals surface area contributed by atoms with Gasteiger partial charge in [-0.25, -0.2) is 18.6 Å². The molecule has 1 aromatic heterocycles. The number of halogens is 2. The van der Waals surface area contributed by atoms with Crippen molar-refractivity contribution in [1.82, 2.24) is 4.98 Å². The summed E-state index contributed by atoms with van der Waals surface area (Å²) in [6.45, 7) is 0.0146. The van der Waals surface area contributed by atoms with Gasteiger partial charge in [-0.1, -0.05) is 24.3 Å². The maximum atomic E-state index is 14.1. The molecule has 1 aliphatic rings. The number of aromatic nitrogens is 1. The van der Waals surface area contributed by atoms with Crippen molar-refractivity contribution in [3.63, 3.8) is 0 Å².